The van der Waals surface area contributed by atoms with Gasteiger partial charge in [0.15, 0.2) is 0 Å². The Balaban J connectivity index is 1.35. The van der Waals surface area contributed by atoms with Gasteiger partial charge < -0.3 is 15.0 Å². The number of hydrogen-bond donors (Lipinski definition) is 1. The highest BCUT2D eigenvalue weighted by atomic mass is 16.5. The number of carbonyl (C=O) groups excluding carboxylic acids is 2. The summed E-state index contributed by atoms with van der Waals surface area (Å²) < 4.78 is 5.10. The third-order valence-corrected chi connectivity index (χ3v) is 6.72. The second-order valence-corrected chi connectivity index (χ2v) is 10.2. The minimum Gasteiger partial charge on any atom is -0.468 e. The van der Waals surface area contributed by atoms with Crippen molar-refractivity contribution in [3.8, 4) is 0 Å². The Morgan fingerprint density at radius 3 is 2.00 bits per heavy atom. The summed E-state index contributed by atoms with van der Waals surface area (Å²) in [7, 11) is 1.44. The zero-order valence-electron chi connectivity index (χ0n) is 21.5. The third kappa shape index (κ3) is 5.94. The van der Waals surface area contributed by atoms with Crippen molar-refractivity contribution in [2.24, 2.45) is 0 Å². The van der Waals surface area contributed by atoms with E-state index < -0.39 is 6.04 Å². The number of nitrogens with zero attached hydrogens (tertiary/aromatic N) is 2. The highest BCUT2D eigenvalue weighted by molar-refractivity contribution is 6.04. The van der Waals surface area contributed by atoms with Gasteiger partial charge in [-0.1, -0.05) is 63.2 Å². The van der Waals surface area contributed by atoms with E-state index in [2.05, 4.69) is 35.9 Å². The maximum Gasteiger partial charge on any atom is 0.327 e. The smallest absolute Gasteiger partial charge is 0.327 e. The molecule has 6 nitrogen and oxygen atoms in total. The van der Waals surface area contributed by atoms with Gasteiger partial charge in [0, 0.05) is 43.1 Å². The Kier molecular flexibility index (Phi) is 7.75. The zero-order chi connectivity index (χ0) is 25.7. The van der Waals surface area contributed by atoms with E-state index in [1.54, 1.807) is 0 Å². The first-order valence-electron chi connectivity index (χ1n) is 12.4. The van der Waals surface area contributed by atoms with Gasteiger partial charge in [0.1, 0.15) is 6.04 Å². The van der Waals surface area contributed by atoms with Crippen LogP contribution in [0, 0.1) is 0 Å². The molecular formula is C30H35N3O3. The van der Waals surface area contributed by atoms with Gasteiger partial charge in [-0.15, -0.1) is 0 Å². The number of anilines is 2. The molecule has 1 unspecified atom stereocenters. The number of benzene rings is 3. The van der Waals surface area contributed by atoms with Crippen LogP contribution in [0.5, 0.6) is 0 Å². The van der Waals surface area contributed by atoms with E-state index in [1.807, 2.05) is 78.9 Å². The number of methoxy groups -OCH3 is 1. The Hall–Kier alpha value is -3.64. The van der Waals surface area contributed by atoms with Crippen LogP contribution in [-0.4, -0.2) is 50.1 Å². The van der Waals surface area contributed by atoms with Crippen molar-refractivity contribution in [3.63, 3.8) is 0 Å². The molecule has 0 radical (unpaired) electrons. The lowest BCUT2D eigenvalue weighted by molar-refractivity contribution is -0.147. The normalized spacial score (nSPS) is 15.3. The largest absolute Gasteiger partial charge is 0.468 e. The van der Waals surface area contributed by atoms with Gasteiger partial charge in [0.05, 0.1) is 7.11 Å². The van der Waals surface area contributed by atoms with E-state index in [4.69, 9.17) is 4.74 Å². The molecule has 3 aromatic carbocycles. The second-order valence-electron chi connectivity index (χ2n) is 10.2. The molecule has 36 heavy (non-hydrogen) atoms. The van der Waals surface area contributed by atoms with Crippen LogP contribution in [-0.2, 0) is 14.9 Å². The summed E-state index contributed by atoms with van der Waals surface area (Å²) in [6.07, 6.45) is 0. The molecule has 0 aliphatic carbocycles. The van der Waals surface area contributed by atoms with Crippen molar-refractivity contribution < 1.29 is 14.3 Å². The van der Waals surface area contributed by atoms with Crippen LogP contribution in [0.1, 0.15) is 48.3 Å². The predicted molar refractivity (Wildman–Crippen MR) is 145 cm³/mol. The average Bonchev–Trinajstić information content (AvgIpc) is 2.90. The van der Waals surface area contributed by atoms with E-state index in [0.29, 0.717) is 5.56 Å². The van der Waals surface area contributed by atoms with Crippen molar-refractivity contribution in [3.05, 3.63) is 95.6 Å². The molecule has 1 N–H and O–H groups in total. The fraction of sp³-hybridized carbons (Fsp3) is 0.333. The molecular weight excluding hydrogens is 450 g/mol. The van der Waals surface area contributed by atoms with Crippen LogP contribution in [0.4, 0.5) is 11.4 Å². The minimum atomic E-state index is -0.395. The molecule has 1 saturated heterocycles. The van der Waals surface area contributed by atoms with Gasteiger partial charge in [-0.3, -0.25) is 9.69 Å². The molecule has 0 aromatic heterocycles. The summed E-state index contributed by atoms with van der Waals surface area (Å²) in [5.74, 6) is -0.352. The lowest BCUT2D eigenvalue weighted by atomic mass is 9.87. The number of piperazine rings is 1. The number of esters is 1. The first-order valence-corrected chi connectivity index (χ1v) is 12.4. The SMILES string of the molecule is COC(=O)C(c1ccccc1)N1CCN(c2ccc(NC(=O)c3ccc(C(C)(C)C)cc3)cc2)CC1. The van der Waals surface area contributed by atoms with Crippen LogP contribution in [0.15, 0.2) is 78.9 Å². The molecule has 1 aliphatic heterocycles. The molecule has 188 valence electrons. The van der Waals surface area contributed by atoms with E-state index in [0.717, 1.165) is 43.1 Å². The Morgan fingerprint density at radius 1 is 0.833 bits per heavy atom. The molecule has 1 fully saturated rings. The molecule has 1 aliphatic rings. The second kappa shape index (κ2) is 11.0. The van der Waals surface area contributed by atoms with Crippen LogP contribution >= 0.6 is 0 Å². The van der Waals surface area contributed by atoms with Gasteiger partial charge in [0.2, 0.25) is 0 Å². The molecule has 0 bridgehead atoms. The lowest BCUT2D eigenvalue weighted by Gasteiger charge is -2.39. The van der Waals surface area contributed by atoms with E-state index in [1.165, 1.54) is 12.7 Å². The van der Waals surface area contributed by atoms with E-state index in [9.17, 15) is 9.59 Å². The van der Waals surface area contributed by atoms with Crippen LogP contribution in [0.2, 0.25) is 0 Å². The molecule has 3 aromatic rings. The van der Waals surface area contributed by atoms with Crippen molar-refractivity contribution >= 4 is 23.3 Å². The van der Waals surface area contributed by atoms with Gasteiger partial charge >= 0.3 is 5.97 Å². The first-order chi connectivity index (χ1) is 17.3. The van der Waals surface area contributed by atoms with Crippen molar-refractivity contribution in [2.75, 3.05) is 43.5 Å². The summed E-state index contributed by atoms with van der Waals surface area (Å²) >= 11 is 0. The van der Waals surface area contributed by atoms with Gasteiger partial charge in [0.25, 0.3) is 5.91 Å². The fourth-order valence-corrected chi connectivity index (χ4v) is 4.56. The highest BCUT2D eigenvalue weighted by Crippen LogP contribution is 2.27. The molecule has 0 saturated carbocycles. The fourth-order valence-electron chi connectivity index (χ4n) is 4.56. The van der Waals surface area contributed by atoms with Crippen molar-refractivity contribution in [1.82, 2.24) is 4.90 Å². The number of ether oxygens (including phenoxy) is 1. The Labute approximate surface area is 213 Å². The van der Waals surface area contributed by atoms with Crippen molar-refractivity contribution in [1.29, 1.82) is 0 Å². The maximum atomic E-state index is 12.7. The van der Waals surface area contributed by atoms with Crippen LogP contribution < -0.4 is 10.2 Å². The van der Waals surface area contributed by atoms with Gasteiger partial charge in [-0.05, 0) is 52.9 Å². The molecule has 0 spiro atoms. The molecule has 4 rings (SSSR count). The lowest BCUT2D eigenvalue weighted by Crippen LogP contribution is -2.49. The topological polar surface area (TPSA) is 61.9 Å². The third-order valence-electron chi connectivity index (χ3n) is 6.72. The van der Waals surface area contributed by atoms with E-state index in [-0.39, 0.29) is 17.3 Å². The van der Waals surface area contributed by atoms with Crippen molar-refractivity contribution in [2.45, 2.75) is 32.2 Å². The monoisotopic (exact) mass is 485 g/mol. The number of hydrogen-bond acceptors (Lipinski definition) is 5. The summed E-state index contributed by atoms with van der Waals surface area (Å²) in [4.78, 5) is 29.7. The highest BCUT2D eigenvalue weighted by Gasteiger charge is 2.31. The number of rotatable bonds is 6. The van der Waals surface area contributed by atoms with Gasteiger partial charge in [-0.2, -0.15) is 0 Å². The number of nitrogens with one attached hydrogen (secondary N) is 1. The summed E-state index contributed by atoms with van der Waals surface area (Å²) in [6, 6.07) is 25.1. The van der Waals surface area contributed by atoms with Crippen LogP contribution in [0.25, 0.3) is 0 Å². The zero-order valence-corrected chi connectivity index (χ0v) is 21.5. The van der Waals surface area contributed by atoms with E-state index >= 15 is 0 Å². The summed E-state index contributed by atoms with van der Waals surface area (Å²) in [5.41, 5.74) is 4.70. The quantitative estimate of drug-likeness (QED) is 0.482. The van der Waals surface area contributed by atoms with Crippen LogP contribution in [0.3, 0.4) is 0 Å². The maximum absolute atomic E-state index is 12.7. The molecule has 1 atom stereocenters. The minimum absolute atomic E-state index is 0.0537. The summed E-state index contributed by atoms with van der Waals surface area (Å²) in [5, 5.41) is 2.99. The molecule has 6 heteroatoms. The number of amides is 1. The summed E-state index contributed by atoms with van der Waals surface area (Å²) in [6.45, 7) is 9.56. The standard InChI is InChI=1S/C30H35N3O3/c1-30(2,3)24-12-10-23(11-13-24)28(34)31-25-14-16-26(17-15-25)32-18-20-33(21-19-32)27(29(35)36-4)22-8-6-5-7-9-22/h5-17,27H,18-21H2,1-4H3,(H,31,34). The average molecular weight is 486 g/mol. The molecule has 1 amide bonds. The number of carbonyl (C=O) groups is 2. The van der Waals surface area contributed by atoms with Gasteiger partial charge in [-0.25, -0.2) is 4.79 Å². The first kappa shape index (κ1) is 25.5. The molecule has 1 heterocycles. The Bertz CT molecular complexity index is 1160. The Morgan fingerprint density at radius 2 is 1.44 bits per heavy atom. The predicted octanol–water partition coefficient (Wildman–Crippen LogP) is 5.27.